The van der Waals surface area contributed by atoms with Gasteiger partial charge < -0.3 is 9.88 Å². The van der Waals surface area contributed by atoms with Crippen LogP contribution >= 0.6 is 0 Å². The van der Waals surface area contributed by atoms with Crippen LogP contribution in [0.3, 0.4) is 0 Å². The SMILES string of the molecule is Cc1nonc1CNCc1cc2cc3c(cc2n(Cc2ccccn2)c1=O)CCC3. The molecule has 0 atom stereocenters. The average Bonchev–Trinajstić information content (AvgIpc) is 3.38. The molecule has 0 fully saturated rings. The maximum absolute atomic E-state index is 13.4. The second kappa shape index (κ2) is 7.84. The van der Waals surface area contributed by atoms with E-state index >= 15 is 0 Å². The van der Waals surface area contributed by atoms with Crippen molar-refractivity contribution >= 4 is 10.9 Å². The van der Waals surface area contributed by atoms with Crippen LogP contribution in [0.4, 0.5) is 0 Å². The van der Waals surface area contributed by atoms with Crippen LogP contribution in [0.25, 0.3) is 10.9 Å². The van der Waals surface area contributed by atoms with Crippen molar-refractivity contribution in [3.05, 3.63) is 86.7 Å². The molecular weight excluding hydrogens is 378 g/mol. The molecule has 3 heterocycles. The fourth-order valence-electron chi connectivity index (χ4n) is 4.17. The predicted octanol–water partition coefficient (Wildman–Crippen LogP) is 2.91. The van der Waals surface area contributed by atoms with Crippen molar-refractivity contribution in [2.24, 2.45) is 0 Å². The van der Waals surface area contributed by atoms with Crippen molar-refractivity contribution in [2.75, 3.05) is 0 Å². The third kappa shape index (κ3) is 3.52. The molecule has 30 heavy (non-hydrogen) atoms. The molecule has 1 aromatic carbocycles. The van der Waals surface area contributed by atoms with E-state index in [0.29, 0.717) is 19.6 Å². The Morgan fingerprint density at radius 3 is 2.73 bits per heavy atom. The summed E-state index contributed by atoms with van der Waals surface area (Å²) in [5.41, 5.74) is 6.85. The van der Waals surface area contributed by atoms with E-state index in [-0.39, 0.29) is 5.56 Å². The van der Waals surface area contributed by atoms with Crippen molar-refractivity contribution in [1.82, 2.24) is 25.2 Å². The fourth-order valence-corrected chi connectivity index (χ4v) is 4.17. The normalized spacial score (nSPS) is 13.1. The average molecular weight is 401 g/mol. The van der Waals surface area contributed by atoms with E-state index in [0.717, 1.165) is 46.4 Å². The van der Waals surface area contributed by atoms with Crippen molar-refractivity contribution in [3.63, 3.8) is 0 Å². The summed E-state index contributed by atoms with van der Waals surface area (Å²) in [7, 11) is 0. The summed E-state index contributed by atoms with van der Waals surface area (Å²) in [5.74, 6) is 0. The summed E-state index contributed by atoms with van der Waals surface area (Å²) >= 11 is 0. The lowest BCUT2D eigenvalue weighted by Crippen LogP contribution is -2.28. The van der Waals surface area contributed by atoms with Gasteiger partial charge in [-0.05, 0) is 73.0 Å². The second-order valence-corrected chi connectivity index (χ2v) is 7.82. The summed E-state index contributed by atoms with van der Waals surface area (Å²) in [6.07, 6.45) is 5.13. The predicted molar refractivity (Wildman–Crippen MR) is 113 cm³/mol. The van der Waals surface area contributed by atoms with Gasteiger partial charge in [-0.3, -0.25) is 9.78 Å². The summed E-state index contributed by atoms with van der Waals surface area (Å²) in [5, 5.41) is 12.1. The summed E-state index contributed by atoms with van der Waals surface area (Å²) in [6, 6.07) is 12.3. The van der Waals surface area contributed by atoms with E-state index in [9.17, 15) is 4.79 Å². The quantitative estimate of drug-likeness (QED) is 0.535. The van der Waals surface area contributed by atoms with Crippen LogP contribution < -0.4 is 10.9 Å². The van der Waals surface area contributed by atoms with Gasteiger partial charge in [0.2, 0.25) is 0 Å². The Morgan fingerprint density at radius 1 is 1.10 bits per heavy atom. The maximum Gasteiger partial charge on any atom is 0.255 e. The molecule has 7 nitrogen and oxygen atoms in total. The van der Waals surface area contributed by atoms with Crippen molar-refractivity contribution in [2.45, 2.75) is 45.8 Å². The van der Waals surface area contributed by atoms with E-state index in [2.05, 4.69) is 32.7 Å². The molecule has 1 aliphatic carbocycles. The first-order chi connectivity index (χ1) is 14.7. The highest BCUT2D eigenvalue weighted by Crippen LogP contribution is 2.27. The molecule has 0 amide bonds. The van der Waals surface area contributed by atoms with Gasteiger partial charge in [-0.2, -0.15) is 0 Å². The molecule has 152 valence electrons. The standard InChI is InChI=1S/C23H23N5O2/c1-15-21(27-30-26-15)13-24-12-19-10-18-9-16-5-4-6-17(16)11-22(18)28(23(19)29)14-20-7-2-3-8-25-20/h2-3,7-11,24H,4-6,12-14H2,1H3. The third-order valence-electron chi connectivity index (χ3n) is 5.78. The number of aryl methyl sites for hydroxylation is 3. The lowest BCUT2D eigenvalue weighted by atomic mass is 10.0. The number of hydrogen-bond donors (Lipinski definition) is 1. The lowest BCUT2D eigenvalue weighted by Gasteiger charge is -2.15. The van der Waals surface area contributed by atoms with Crippen LogP contribution in [0, 0.1) is 6.92 Å². The number of nitrogens with one attached hydrogen (secondary N) is 1. The van der Waals surface area contributed by atoms with E-state index < -0.39 is 0 Å². The highest BCUT2D eigenvalue weighted by Gasteiger charge is 2.16. The van der Waals surface area contributed by atoms with Crippen LogP contribution in [-0.4, -0.2) is 19.9 Å². The molecule has 1 aliphatic rings. The number of benzene rings is 1. The van der Waals surface area contributed by atoms with Gasteiger partial charge in [-0.15, -0.1) is 0 Å². The molecule has 7 heteroatoms. The fraction of sp³-hybridized carbons (Fsp3) is 0.304. The van der Waals surface area contributed by atoms with Crippen molar-refractivity contribution < 1.29 is 4.63 Å². The van der Waals surface area contributed by atoms with Crippen molar-refractivity contribution in [3.8, 4) is 0 Å². The number of rotatable bonds is 6. The summed E-state index contributed by atoms with van der Waals surface area (Å²) < 4.78 is 6.60. The molecule has 4 aromatic rings. The Hall–Kier alpha value is -3.32. The molecule has 0 saturated carbocycles. The molecule has 0 bridgehead atoms. The number of hydrogen-bond acceptors (Lipinski definition) is 6. The van der Waals surface area contributed by atoms with E-state index in [1.807, 2.05) is 35.8 Å². The number of nitrogens with zero attached hydrogens (tertiary/aromatic N) is 4. The zero-order valence-electron chi connectivity index (χ0n) is 16.9. The zero-order chi connectivity index (χ0) is 20.5. The third-order valence-corrected chi connectivity index (χ3v) is 5.78. The van der Waals surface area contributed by atoms with Crippen LogP contribution in [0.1, 0.15) is 40.2 Å². The zero-order valence-corrected chi connectivity index (χ0v) is 16.9. The topological polar surface area (TPSA) is 85.8 Å². The molecule has 0 aliphatic heterocycles. The van der Waals surface area contributed by atoms with Crippen LogP contribution in [-0.2, 0) is 32.5 Å². The molecular formula is C23H23N5O2. The minimum Gasteiger partial charge on any atom is -0.307 e. The monoisotopic (exact) mass is 401 g/mol. The van der Waals surface area contributed by atoms with E-state index in [1.54, 1.807) is 6.20 Å². The van der Waals surface area contributed by atoms with Crippen LogP contribution in [0.5, 0.6) is 0 Å². The molecule has 0 radical (unpaired) electrons. The summed E-state index contributed by atoms with van der Waals surface area (Å²) in [4.78, 5) is 17.8. The van der Waals surface area contributed by atoms with Gasteiger partial charge in [-0.25, -0.2) is 4.63 Å². The highest BCUT2D eigenvalue weighted by atomic mass is 16.6. The molecule has 1 N–H and O–H groups in total. The number of aromatic nitrogens is 4. The minimum atomic E-state index is 0.00796. The van der Waals surface area contributed by atoms with Crippen LogP contribution in [0.2, 0.25) is 0 Å². The van der Waals surface area contributed by atoms with Crippen molar-refractivity contribution in [1.29, 1.82) is 0 Å². The van der Waals surface area contributed by atoms with Gasteiger partial charge in [0, 0.05) is 24.8 Å². The molecule has 3 aromatic heterocycles. The maximum atomic E-state index is 13.4. The number of fused-ring (bicyclic) bond motifs is 2. The Morgan fingerprint density at radius 2 is 1.97 bits per heavy atom. The Balaban J connectivity index is 1.53. The Labute approximate surface area is 173 Å². The molecule has 0 unspecified atom stereocenters. The second-order valence-electron chi connectivity index (χ2n) is 7.82. The van der Waals surface area contributed by atoms with Gasteiger partial charge >= 0.3 is 0 Å². The molecule has 0 saturated heterocycles. The number of pyridine rings is 2. The smallest absolute Gasteiger partial charge is 0.255 e. The summed E-state index contributed by atoms with van der Waals surface area (Å²) in [6.45, 7) is 3.25. The first-order valence-electron chi connectivity index (χ1n) is 10.3. The molecule has 5 rings (SSSR count). The first kappa shape index (κ1) is 18.7. The first-order valence-corrected chi connectivity index (χ1v) is 10.3. The highest BCUT2D eigenvalue weighted by molar-refractivity contribution is 5.82. The largest absolute Gasteiger partial charge is 0.307 e. The van der Waals surface area contributed by atoms with Gasteiger partial charge in [0.15, 0.2) is 0 Å². The minimum absolute atomic E-state index is 0.00796. The lowest BCUT2D eigenvalue weighted by molar-refractivity contribution is 0.300. The Bertz CT molecular complexity index is 1260. The van der Waals surface area contributed by atoms with E-state index in [4.69, 9.17) is 4.63 Å². The van der Waals surface area contributed by atoms with Crippen LogP contribution in [0.15, 0.2) is 52.0 Å². The Kier molecular flexibility index (Phi) is 4.88. The van der Waals surface area contributed by atoms with Gasteiger partial charge in [-0.1, -0.05) is 16.4 Å². The van der Waals surface area contributed by atoms with E-state index in [1.165, 1.54) is 17.5 Å². The molecule has 0 spiro atoms. The van der Waals surface area contributed by atoms with Gasteiger partial charge in [0.1, 0.15) is 11.4 Å². The van der Waals surface area contributed by atoms with Gasteiger partial charge in [0.05, 0.1) is 17.8 Å². The van der Waals surface area contributed by atoms with Gasteiger partial charge in [0.25, 0.3) is 5.56 Å².